The molecule has 0 aliphatic heterocycles. The highest BCUT2D eigenvalue weighted by Crippen LogP contribution is 2.33. The number of benzene rings is 1. The van der Waals surface area contributed by atoms with Gasteiger partial charge in [-0.2, -0.15) is 0 Å². The summed E-state index contributed by atoms with van der Waals surface area (Å²) < 4.78 is 5.39. The van der Waals surface area contributed by atoms with Crippen molar-refractivity contribution in [2.24, 2.45) is 0 Å². The second-order valence-electron chi connectivity index (χ2n) is 3.80. The van der Waals surface area contributed by atoms with Crippen LogP contribution in [0.3, 0.4) is 0 Å². The lowest BCUT2D eigenvalue weighted by Gasteiger charge is -2.07. The van der Waals surface area contributed by atoms with Crippen molar-refractivity contribution in [2.45, 2.75) is 6.92 Å². The van der Waals surface area contributed by atoms with Gasteiger partial charge in [0.15, 0.2) is 6.29 Å². The van der Waals surface area contributed by atoms with Crippen molar-refractivity contribution >= 4 is 12.0 Å². The molecule has 0 aliphatic rings. The fourth-order valence-corrected chi connectivity index (χ4v) is 1.63. The number of aromatic nitrogens is 1. The third-order valence-electron chi connectivity index (χ3n) is 2.52. The molecule has 6 nitrogen and oxygen atoms in total. The number of nitro benzene ring substituents is 1. The largest absolute Gasteiger partial charge is 0.431 e. The quantitative estimate of drug-likeness (QED) is 0.478. The molecule has 2 aromatic rings. The smallest absolute Gasteiger partial charge is 0.314 e. The second kappa shape index (κ2) is 5.26. The lowest BCUT2D eigenvalue weighted by molar-refractivity contribution is -0.386. The van der Waals surface area contributed by atoms with E-state index in [0.717, 1.165) is 0 Å². The minimum absolute atomic E-state index is 0.0474. The van der Waals surface area contributed by atoms with E-state index in [4.69, 9.17) is 4.74 Å². The molecule has 1 aromatic carbocycles. The normalized spacial score (nSPS) is 9.95. The van der Waals surface area contributed by atoms with Crippen LogP contribution in [-0.2, 0) is 0 Å². The van der Waals surface area contributed by atoms with E-state index in [2.05, 4.69) is 4.98 Å². The van der Waals surface area contributed by atoms with Crippen LogP contribution in [0.15, 0.2) is 36.5 Å². The average Bonchev–Trinajstić information content (AvgIpc) is 2.39. The van der Waals surface area contributed by atoms with Gasteiger partial charge in [-0.25, -0.2) is 4.98 Å². The summed E-state index contributed by atoms with van der Waals surface area (Å²) in [5.41, 5.74) is 0.578. The average molecular weight is 258 g/mol. The highest BCUT2D eigenvalue weighted by Gasteiger charge is 2.19. The molecule has 0 amide bonds. The van der Waals surface area contributed by atoms with Gasteiger partial charge in [0.2, 0.25) is 11.6 Å². The number of nitrogens with zero attached hydrogens (tertiary/aromatic N) is 2. The highest BCUT2D eigenvalue weighted by atomic mass is 16.6. The molecule has 0 fully saturated rings. The van der Waals surface area contributed by atoms with Crippen LogP contribution in [0.1, 0.15) is 15.9 Å². The molecule has 0 bridgehead atoms. The number of rotatable bonds is 4. The number of para-hydroxylation sites is 1. The predicted octanol–water partition coefficient (Wildman–Crippen LogP) is 2.90. The molecule has 0 saturated heterocycles. The number of hydrogen-bond donors (Lipinski definition) is 0. The zero-order valence-electron chi connectivity index (χ0n) is 10.1. The standard InChI is InChI=1S/C13H10N2O4/c1-9-4-2-6-11(12(9)15(17)18)19-13-10(8-16)5-3-7-14-13/h2-8H,1H3. The Labute approximate surface area is 108 Å². The van der Waals surface area contributed by atoms with E-state index in [-0.39, 0.29) is 22.9 Å². The van der Waals surface area contributed by atoms with E-state index < -0.39 is 4.92 Å². The zero-order valence-corrected chi connectivity index (χ0v) is 10.1. The maximum Gasteiger partial charge on any atom is 0.314 e. The fourth-order valence-electron chi connectivity index (χ4n) is 1.63. The lowest BCUT2D eigenvalue weighted by atomic mass is 10.2. The number of carbonyl (C=O) groups is 1. The van der Waals surface area contributed by atoms with Gasteiger partial charge in [-0.05, 0) is 25.1 Å². The number of aldehydes is 1. The first-order chi connectivity index (χ1) is 9.13. The van der Waals surface area contributed by atoms with Gasteiger partial charge in [0.25, 0.3) is 0 Å². The Balaban J connectivity index is 2.47. The molecule has 96 valence electrons. The number of hydrogen-bond acceptors (Lipinski definition) is 5. The molecule has 0 N–H and O–H groups in total. The third kappa shape index (κ3) is 2.57. The van der Waals surface area contributed by atoms with Gasteiger partial charge in [0, 0.05) is 11.8 Å². The molecule has 0 spiro atoms. The second-order valence-corrected chi connectivity index (χ2v) is 3.80. The van der Waals surface area contributed by atoms with Gasteiger partial charge < -0.3 is 4.74 Å². The molecule has 2 rings (SSSR count). The number of ether oxygens (including phenoxy) is 1. The molecular formula is C13H10N2O4. The Hall–Kier alpha value is -2.76. The first-order valence-corrected chi connectivity index (χ1v) is 5.45. The molecule has 0 saturated carbocycles. The van der Waals surface area contributed by atoms with E-state index in [9.17, 15) is 14.9 Å². The first-order valence-electron chi connectivity index (χ1n) is 5.45. The lowest BCUT2D eigenvalue weighted by Crippen LogP contribution is -1.98. The van der Waals surface area contributed by atoms with Crippen LogP contribution in [-0.4, -0.2) is 16.2 Å². The summed E-state index contributed by atoms with van der Waals surface area (Å²) in [5, 5.41) is 11.0. The van der Waals surface area contributed by atoms with Crippen molar-refractivity contribution in [1.29, 1.82) is 0 Å². The molecule has 1 heterocycles. The van der Waals surface area contributed by atoms with Crippen molar-refractivity contribution in [2.75, 3.05) is 0 Å². The number of aryl methyl sites for hydroxylation is 1. The topological polar surface area (TPSA) is 82.3 Å². The molecule has 0 atom stereocenters. The molecule has 1 aromatic heterocycles. The highest BCUT2D eigenvalue weighted by molar-refractivity contribution is 5.78. The fraction of sp³-hybridized carbons (Fsp3) is 0.0769. The minimum atomic E-state index is -0.520. The number of nitro groups is 1. The van der Waals surface area contributed by atoms with Gasteiger partial charge >= 0.3 is 5.69 Å². The van der Waals surface area contributed by atoms with Gasteiger partial charge in [-0.3, -0.25) is 14.9 Å². The Bertz CT molecular complexity index is 640. The van der Waals surface area contributed by atoms with Crippen molar-refractivity contribution in [1.82, 2.24) is 4.98 Å². The minimum Gasteiger partial charge on any atom is -0.431 e. The first kappa shape index (κ1) is 12.7. The van der Waals surface area contributed by atoms with Gasteiger partial charge in [-0.1, -0.05) is 12.1 Å². The maximum absolute atomic E-state index is 11.0. The van der Waals surface area contributed by atoms with Crippen LogP contribution in [0.25, 0.3) is 0 Å². The summed E-state index contributed by atoms with van der Waals surface area (Å²) in [5.74, 6) is 0.109. The van der Waals surface area contributed by atoms with Gasteiger partial charge in [0.1, 0.15) is 0 Å². The van der Waals surface area contributed by atoms with Crippen molar-refractivity contribution in [3.8, 4) is 11.6 Å². The van der Waals surface area contributed by atoms with Gasteiger partial charge in [0.05, 0.1) is 10.5 Å². The van der Waals surface area contributed by atoms with E-state index in [1.807, 2.05) is 0 Å². The van der Waals surface area contributed by atoms with E-state index >= 15 is 0 Å². The maximum atomic E-state index is 11.0. The van der Waals surface area contributed by atoms with Crippen LogP contribution in [0.2, 0.25) is 0 Å². The summed E-state index contributed by atoms with van der Waals surface area (Å²) in [6, 6.07) is 7.83. The molecule has 6 heteroatoms. The van der Waals surface area contributed by atoms with E-state index in [0.29, 0.717) is 11.8 Å². The molecule has 0 unspecified atom stereocenters. The molecule has 19 heavy (non-hydrogen) atoms. The monoisotopic (exact) mass is 258 g/mol. The van der Waals surface area contributed by atoms with Crippen molar-refractivity contribution in [3.05, 3.63) is 57.8 Å². The van der Waals surface area contributed by atoms with Crippen molar-refractivity contribution in [3.63, 3.8) is 0 Å². The number of carbonyl (C=O) groups excluding carboxylic acids is 1. The summed E-state index contributed by atoms with van der Waals surface area (Å²) in [7, 11) is 0. The van der Waals surface area contributed by atoms with E-state index in [1.54, 1.807) is 25.1 Å². The third-order valence-corrected chi connectivity index (χ3v) is 2.52. The Morgan fingerprint density at radius 2 is 2.11 bits per heavy atom. The predicted molar refractivity (Wildman–Crippen MR) is 67.5 cm³/mol. The summed E-state index contributed by atoms with van der Waals surface area (Å²) >= 11 is 0. The van der Waals surface area contributed by atoms with E-state index in [1.165, 1.54) is 18.3 Å². The van der Waals surface area contributed by atoms with Crippen LogP contribution in [0.4, 0.5) is 5.69 Å². The Morgan fingerprint density at radius 3 is 2.79 bits per heavy atom. The summed E-state index contributed by atoms with van der Waals surface area (Å²) in [6.07, 6.45) is 2.04. The molecule has 0 aliphatic carbocycles. The number of pyridine rings is 1. The van der Waals surface area contributed by atoms with Crippen molar-refractivity contribution < 1.29 is 14.5 Å². The van der Waals surface area contributed by atoms with Crippen LogP contribution in [0, 0.1) is 17.0 Å². The molecule has 0 radical (unpaired) electrons. The van der Waals surface area contributed by atoms with Crippen LogP contribution in [0.5, 0.6) is 11.6 Å². The van der Waals surface area contributed by atoms with Crippen LogP contribution >= 0.6 is 0 Å². The van der Waals surface area contributed by atoms with Crippen LogP contribution < -0.4 is 4.74 Å². The summed E-state index contributed by atoms with van der Waals surface area (Å²) in [4.78, 5) is 25.3. The van der Waals surface area contributed by atoms with Gasteiger partial charge in [-0.15, -0.1) is 0 Å². The Morgan fingerprint density at radius 1 is 1.32 bits per heavy atom. The Kier molecular flexibility index (Phi) is 3.51. The SMILES string of the molecule is Cc1cccc(Oc2ncccc2C=O)c1[N+](=O)[O-]. The zero-order chi connectivity index (χ0) is 13.8. The summed E-state index contributed by atoms with van der Waals surface area (Å²) in [6.45, 7) is 1.62. The molecular weight excluding hydrogens is 248 g/mol.